The summed E-state index contributed by atoms with van der Waals surface area (Å²) in [6.07, 6.45) is 0.766. The van der Waals surface area contributed by atoms with Gasteiger partial charge in [-0.1, -0.05) is 35.0 Å². The first-order valence-corrected chi connectivity index (χ1v) is 5.17. The van der Waals surface area contributed by atoms with Gasteiger partial charge in [-0.05, 0) is 18.2 Å². The Morgan fingerprint density at radius 1 is 1.31 bits per heavy atom. The van der Waals surface area contributed by atoms with Gasteiger partial charge in [-0.25, -0.2) is 0 Å². The van der Waals surface area contributed by atoms with Crippen LogP contribution >= 0.6 is 35.8 Å². The molecular formula is C10H8Cl2S. The van der Waals surface area contributed by atoms with Crippen molar-refractivity contribution in [2.75, 3.05) is 5.75 Å². The van der Waals surface area contributed by atoms with Crippen LogP contribution in [0.5, 0.6) is 0 Å². The molecule has 0 spiro atoms. The molecule has 0 N–H and O–H groups in total. The average molecular weight is 231 g/mol. The van der Waals surface area contributed by atoms with E-state index < -0.39 is 0 Å². The summed E-state index contributed by atoms with van der Waals surface area (Å²) in [6, 6.07) is 5.28. The summed E-state index contributed by atoms with van der Waals surface area (Å²) in [7, 11) is 0. The lowest BCUT2D eigenvalue weighted by Gasteiger charge is -1.95. The van der Waals surface area contributed by atoms with Crippen molar-refractivity contribution < 1.29 is 0 Å². The highest BCUT2D eigenvalue weighted by molar-refractivity contribution is 7.80. The van der Waals surface area contributed by atoms with Crippen molar-refractivity contribution in [3.63, 3.8) is 0 Å². The van der Waals surface area contributed by atoms with E-state index in [1.54, 1.807) is 12.1 Å². The SMILES string of the molecule is SCCC#Cc1ccc(Cl)cc1Cl. The third-order valence-corrected chi connectivity index (χ3v) is 2.16. The third kappa shape index (κ3) is 3.52. The first-order valence-electron chi connectivity index (χ1n) is 3.79. The van der Waals surface area contributed by atoms with Crippen molar-refractivity contribution in [3.05, 3.63) is 33.8 Å². The zero-order valence-corrected chi connectivity index (χ0v) is 9.26. The Labute approximate surface area is 93.7 Å². The second-order valence-electron chi connectivity index (χ2n) is 2.40. The molecule has 0 nitrogen and oxygen atoms in total. The summed E-state index contributed by atoms with van der Waals surface area (Å²) >= 11 is 15.7. The molecule has 0 saturated carbocycles. The second-order valence-corrected chi connectivity index (χ2v) is 3.69. The molecule has 0 aromatic heterocycles. The van der Waals surface area contributed by atoms with Crippen LogP contribution < -0.4 is 0 Å². The van der Waals surface area contributed by atoms with Gasteiger partial charge in [0.15, 0.2) is 0 Å². The van der Waals surface area contributed by atoms with Crippen molar-refractivity contribution in [2.24, 2.45) is 0 Å². The maximum Gasteiger partial charge on any atom is 0.0577 e. The second kappa shape index (κ2) is 5.44. The Balaban J connectivity index is 2.85. The molecule has 0 aliphatic heterocycles. The van der Waals surface area contributed by atoms with Gasteiger partial charge in [0.05, 0.1) is 5.02 Å². The Morgan fingerprint density at radius 3 is 2.69 bits per heavy atom. The van der Waals surface area contributed by atoms with Crippen molar-refractivity contribution in [1.82, 2.24) is 0 Å². The number of hydrogen-bond donors (Lipinski definition) is 1. The Hall–Kier alpha value is -0.290. The summed E-state index contributed by atoms with van der Waals surface area (Å²) in [5.74, 6) is 6.67. The summed E-state index contributed by atoms with van der Waals surface area (Å²) in [5, 5.41) is 1.23. The maximum atomic E-state index is 5.90. The number of thiol groups is 1. The molecule has 0 fully saturated rings. The van der Waals surface area contributed by atoms with E-state index in [4.69, 9.17) is 23.2 Å². The number of rotatable bonds is 1. The Kier molecular flexibility index (Phi) is 4.52. The van der Waals surface area contributed by atoms with Crippen LogP contribution in [0, 0.1) is 11.8 Å². The van der Waals surface area contributed by atoms with Crippen molar-refractivity contribution >= 4 is 35.8 Å². The van der Waals surface area contributed by atoms with Gasteiger partial charge in [-0.15, -0.1) is 0 Å². The minimum Gasteiger partial charge on any atom is -0.178 e. The first-order chi connectivity index (χ1) is 6.24. The average Bonchev–Trinajstić information content (AvgIpc) is 2.09. The molecule has 68 valence electrons. The van der Waals surface area contributed by atoms with E-state index in [2.05, 4.69) is 24.5 Å². The van der Waals surface area contributed by atoms with Gasteiger partial charge in [-0.3, -0.25) is 0 Å². The molecule has 13 heavy (non-hydrogen) atoms. The van der Waals surface area contributed by atoms with Crippen LogP contribution in [0.15, 0.2) is 18.2 Å². The number of benzene rings is 1. The predicted octanol–water partition coefficient (Wildman–Crippen LogP) is 3.66. The van der Waals surface area contributed by atoms with E-state index in [0.29, 0.717) is 10.0 Å². The third-order valence-electron chi connectivity index (χ3n) is 1.39. The van der Waals surface area contributed by atoms with Gasteiger partial charge in [0.2, 0.25) is 0 Å². The zero-order chi connectivity index (χ0) is 9.68. The standard InChI is InChI=1S/C10H8Cl2S/c11-9-5-4-8(10(12)7-9)3-1-2-6-13/h4-5,7,13H,2,6H2. The monoisotopic (exact) mass is 230 g/mol. The fourth-order valence-electron chi connectivity index (χ4n) is 0.804. The molecule has 0 aliphatic rings. The van der Waals surface area contributed by atoms with Crippen LogP contribution in [0.3, 0.4) is 0 Å². The molecule has 0 amide bonds. The Bertz CT molecular complexity index is 350. The molecule has 0 aliphatic carbocycles. The molecule has 3 heteroatoms. The van der Waals surface area contributed by atoms with Crippen LogP contribution in [0.4, 0.5) is 0 Å². The van der Waals surface area contributed by atoms with Crippen molar-refractivity contribution in [3.8, 4) is 11.8 Å². The van der Waals surface area contributed by atoms with Crippen LogP contribution in [0.25, 0.3) is 0 Å². The van der Waals surface area contributed by atoms with E-state index in [1.165, 1.54) is 0 Å². The van der Waals surface area contributed by atoms with Gasteiger partial charge < -0.3 is 0 Å². The van der Waals surface area contributed by atoms with Crippen molar-refractivity contribution in [2.45, 2.75) is 6.42 Å². The maximum absolute atomic E-state index is 5.90. The number of hydrogen-bond acceptors (Lipinski definition) is 1. The zero-order valence-electron chi connectivity index (χ0n) is 6.85. The van der Waals surface area contributed by atoms with E-state index in [9.17, 15) is 0 Å². The molecule has 0 radical (unpaired) electrons. The summed E-state index contributed by atoms with van der Waals surface area (Å²) < 4.78 is 0. The van der Waals surface area contributed by atoms with E-state index in [0.717, 1.165) is 17.7 Å². The summed E-state index contributed by atoms with van der Waals surface area (Å²) in [6.45, 7) is 0. The lowest BCUT2D eigenvalue weighted by molar-refractivity contribution is 1.31. The quantitative estimate of drug-likeness (QED) is 0.553. The molecule has 0 unspecified atom stereocenters. The van der Waals surface area contributed by atoms with Crippen LogP contribution in [0.2, 0.25) is 10.0 Å². The molecule has 0 heterocycles. The van der Waals surface area contributed by atoms with Gasteiger partial charge in [0.1, 0.15) is 0 Å². The summed E-state index contributed by atoms with van der Waals surface area (Å²) in [4.78, 5) is 0. The normalized spacial score (nSPS) is 9.15. The van der Waals surface area contributed by atoms with E-state index >= 15 is 0 Å². The van der Waals surface area contributed by atoms with E-state index in [-0.39, 0.29) is 0 Å². The van der Waals surface area contributed by atoms with Crippen LogP contribution in [-0.2, 0) is 0 Å². The van der Waals surface area contributed by atoms with Gasteiger partial charge in [0.25, 0.3) is 0 Å². The van der Waals surface area contributed by atoms with Gasteiger partial charge in [0, 0.05) is 22.8 Å². The molecular weight excluding hydrogens is 223 g/mol. The highest BCUT2D eigenvalue weighted by Crippen LogP contribution is 2.19. The van der Waals surface area contributed by atoms with Crippen LogP contribution in [0.1, 0.15) is 12.0 Å². The first kappa shape index (κ1) is 10.8. The molecule has 1 aromatic carbocycles. The van der Waals surface area contributed by atoms with Crippen molar-refractivity contribution in [1.29, 1.82) is 0 Å². The van der Waals surface area contributed by atoms with Crippen LogP contribution in [-0.4, -0.2) is 5.75 Å². The molecule has 0 atom stereocenters. The van der Waals surface area contributed by atoms with Gasteiger partial charge >= 0.3 is 0 Å². The predicted molar refractivity (Wildman–Crippen MR) is 61.8 cm³/mol. The number of halogens is 2. The largest absolute Gasteiger partial charge is 0.178 e. The topological polar surface area (TPSA) is 0 Å². The molecule has 1 rings (SSSR count). The van der Waals surface area contributed by atoms with E-state index in [1.807, 2.05) is 6.07 Å². The highest BCUT2D eigenvalue weighted by Gasteiger charge is 1.96. The minimum atomic E-state index is 0.596. The molecule has 1 aromatic rings. The minimum absolute atomic E-state index is 0.596. The lowest BCUT2D eigenvalue weighted by Crippen LogP contribution is -1.77. The molecule has 0 bridgehead atoms. The molecule has 0 saturated heterocycles. The smallest absolute Gasteiger partial charge is 0.0577 e. The fourth-order valence-corrected chi connectivity index (χ4v) is 1.37. The Morgan fingerprint density at radius 2 is 2.08 bits per heavy atom. The summed E-state index contributed by atoms with van der Waals surface area (Å²) in [5.41, 5.74) is 0.813. The fraction of sp³-hybridized carbons (Fsp3) is 0.200. The van der Waals surface area contributed by atoms with Gasteiger partial charge in [-0.2, -0.15) is 12.6 Å². The highest BCUT2D eigenvalue weighted by atomic mass is 35.5. The lowest BCUT2D eigenvalue weighted by atomic mass is 10.2.